The molecule has 0 bridgehead atoms. The maximum absolute atomic E-state index is 11.3. The molecule has 1 aromatic rings. The number of rotatable bonds is 1. The molecule has 19 heavy (non-hydrogen) atoms. The summed E-state index contributed by atoms with van der Waals surface area (Å²) in [4.78, 5) is 11.3. The Morgan fingerprint density at radius 3 is 2.58 bits per heavy atom. The fourth-order valence-electron chi connectivity index (χ4n) is 1.18. The van der Waals surface area contributed by atoms with Crippen molar-refractivity contribution >= 4 is 6.09 Å². The highest BCUT2D eigenvalue weighted by atomic mass is 16.6. The van der Waals surface area contributed by atoms with Crippen LogP contribution in [0, 0.1) is 11.8 Å². The summed E-state index contributed by atoms with van der Waals surface area (Å²) in [7, 11) is 0. The van der Waals surface area contributed by atoms with Crippen LogP contribution in [0.3, 0.4) is 0 Å². The number of alkyl carbamates (subject to hydrolysis) is 1. The van der Waals surface area contributed by atoms with E-state index in [4.69, 9.17) is 9.84 Å². The number of hydrogen-bond donors (Lipinski definition) is 3. The van der Waals surface area contributed by atoms with Crippen LogP contribution in [0.4, 0.5) is 4.79 Å². The maximum atomic E-state index is 11.3. The van der Waals surface area contributed by atoms with Crippen LogP contribution in [-0.4, -0.2) is 28.5 Å². The highest BCUT2D eigenvalue weighted by Crippen LogP contribution is 2.24. The van der Waals surface area contributed by atoms with Crippen LogP contribution in [0.2, 0.25) is 0 Å². The highest BCUT2D eigenvalue weighted by Gasteiger charge is 2.14. The molecule has 1 rings (SSSR count). The van der Waals surface area contributed by atoms with Crippen molar-refractivity contribution in [3.63, 3.8) is 0 Å². The molecule has 5 heteroatoms. The summed E-state index contributed by atoms with van der Waals surface area (Å²) in [6.45, 7) is 5.46. The fourth-order valence-corrected chi connectivity index (χ4v) is 1.18. The van der Waals surface area contributed by atoms with Gasteiger partial charge in [0, 0.05) is 5.56 Å². The number of benzene rings is 1. The van der Waals surface area contributed by atoms with Crippen LogP contribution in [0.25, 0.3) is 0 Å². The van der Waals surface area contributed by atoms with Crippen molar-refractivity contribution in [1.29, 1.82) is 0 Å². The standard InChI is InChI=1S/C14H17NO4/c1-14(2,3)19-13(18)15-8-4-5-10-6-7-11(16)12(17)9-10/h6-7,9,16-17H,8H2,1-3H3,(H,15,18). The lowest BCUT2D eigenvalue weighted by atomic mass is 10.2. The second-order valence-corrected chi connectivity index (χ2v) is 4.86. The van der Waals surface area contributed by atoms with Gasteiger partial charge in [-0.05, 0) is 39.0 Å². The van der Waals surface area contributed by atoms with Gasteiger partial charge in [-0.15, -0.1) is 0 Å². The molecule has 0 spiro atoms. The zero-order valence-electron chi connectivity index (χ0n) is 11.2. The molecule has 0 radical (unpaired) electrons. The molecule has 0 saturated heterocycles. The molecule has 3 N–H and O–H groups in total. The number of aromatic hydroxyl groups is 2. The number of amides is 1. The van der Waals surface area contributed by atoms with E-state index in [0.29, 0.717) is 5.56 Å². The highest BCUT2D eigenvalue weighted by molar-refractivity contribution is 5.68. The van der Waals surface area contributed by atoms with Gasteiger partial charge in [-0.2, -0.15) is 0 Å². The predicted molar refractivity (Wildman–Crippen MR) is 70.9 cm³/mol. The quantitative estimate of drug-likeness (QED) is 0.534. The second kappa shape index (κ2) is 6.01. The van der Waals surface area contributed by atoms with Crippen molar-refractivity contribution in [2.24, 2.45) is 0 Å². The Labute approximate surface area is 112 Å². The fraction of sp³-hybridized carbons (Fsp3) is 0.357. The molecule has 0 heterocycles. The van der Waals surface area contributed by atoms with E-state index in [9.17, 15) is 9.90 Å². The van der Waals surface area contributed by atoms with Crippen molar-refractivity contribution in [3.8, 4) is 23.3 Å². The van der Waals surface area contributed by atoms with E-state index in [2.05, 4.69) is 17.2 Å². The van der Waals surface area contributed by atoms with E-state index < -0.39 is 11.7 Å². The van der Waals surface area contributed by atoms with E-state index >= 15 is 0 Å². The Bertz CT molecular complexity index is 520. The zero-order valence-corrected chi connectivity index (χ0v) is 11.2. The van der Waals surface area contributed by atoms with Crippen LogP contribution in [0.1, 0.15) is 26.3 Å². The summed E-state index contributed by atoms with van der Waals surface area (Å²) < 4.78 is 5.03. The number of ether oxygens (including phenoxy) is 1. The third kappa shape index (κ3) is 5.68. The number of nitrogens with one attached hydrogen (secondary N) is 1. The molecular formula is C14H17NO4. The van der Waals surface area contributed by atoms with Crippen molar-refractivity contribution < 1.29 is 19.7 Å². The summed E-state index contributed by atoms with van der Waals surface area (Å²) >= 11 is 0. The second-order valence-electron chi connectivity index (χ2n) is 4.86. The first kappa shape index (κ1) is 14.7. The molecule has 0 fully saturated rings. The van der Waals surface area contributed by atoms with Crippen LogP contribution in [0.5, 0.6) is 11.5 Å². The Morgan fingerprint density at radius 2 is 2.00 bits per heavy atom. The minimum Gasteiger partial charge on any atom is -0.504 e. The zero-order chi connectivity index (χ0) is 14.5. The van der Waals surface area contributed by atoms with E-state index in [-0.39, 0.29) is 18.0 Å². The average molecular weight is 263 g/mol. The smallest absolute Gasteiger partial charge is 0.408 e. The van der Waals surface area contributed by atoms with Gasteiger partial charge in [0.25, 0.3) is 0 Å². The monoisotopic (exact) mass is 263 g/mol. The summed E-state index contributed by atoms with van der Waals surface area (Å²) in [5.74, 6) is 5.02. The van der Waals surface area contributed by atoms with Gasteiger partial charge in [0.1, 0.15) is 5.60 Å². The van der Waals surface area contributed by atoms with Crippen LogP contribution in [-0.2, 0) is 4.74 Å². The van der Waals surface area contributed by atoms with Gasteiger partial charge >= 0.3 is 6.09 Å². The van der Waals surface area contributed by atoms with Gasteiger partial charge in [-0.25, -0.2) is 4.79 Å². The Hall–Kier alpha value is -2.35. The summed E-state index contributed by atoms with van der Waals surface area (Å²) in [6, 6.07) is 4.26. The van der Waals surface area contributed by atoms with Gasteiger partial charge in [-0.3, -0.25) is 0 Å². The molecule has 1 amide bonds. The number of phenols is 2. The molecule has 0 aliphatic heterocycles. The van der Waals surface area contributed by atoms with Crippen LogP contribution < -0.4 is 5.32 Å². The molecule has 0 atom stereocenters. The Morgan fingerprint density at radius 1 is 1.32 bits per heavy atom. The van der Waals surface area contributed by atoms with Crippen LogP contribution >= 0.6 is 0 Å². The number of carbonyl (C=O) groups is 1. The molecule has 0 saturated carbocycles. The summed E-state index contributed by atoms with van der Waals surface area (Å²) in [6.07, 6.45) is -0.532. The molecule has 1 aromatic carbocycles. The Kier molecular flexibility index (Phi) is 4.65. The van der Waals surface area contributed by atoms with Crippen molar-refractivity contribution in [2.45, 2.75) is 26.4 Å². The van der Waals surface area contributed by atoms with E-state index in [0.717, 1.165) is 0 Å². The average Bonchev–Trinajstić information content (AvgIpc) is 2.27. The first-order valence-corrected chi connectivity index (χ1v) is 5.75. The third-order valence-corrected chi connectivity index (χ3v) is 1.93. The van der Waals surface area contributed by atoms with Gasteiger partial charge in [0.2, 0.25) is 0 Å². The molecule has 0 unspecified atom stereocenters. The minimum absolute atomic E-state index is 0.135. The van der Waals surface area contributed by atoms with Crippen molar-refractivity contribution in [2.75, 3.05) is 6.54 Å². The van der Waals surface area contributed by atoms with E-state index in [1.54, 1.807) is 26.8 Å². The lowest BCUT2D eigenvalue weighted by molar-refractivity contribution is 0.0535. The minimum atomic E-state index is -0.541. The topological polar surface area (TPSA) is 78.8 Å². The number of hydrogen-bond acceptors (Lipinski definition) is 4. The van der Waals surface area contributed by atoms with E-state index in [1.807, 2.05) is 0 Å². The maximum Gasteiger partial charge on any atom is 0.408 e. The van der Waals surface area contributed by atoms with Gasteiger partial charge in [0.05, 0.1) is 6.54 Å². The summed E-state index contributed by atoms with van der Waals surface area (Å²) in [5.41, 5.74) is 0.00145. The molecule has 0 aromatic heterocycles. The van der Waals surface area contributed by atoms with Crippen molar-refractivity contribution in [3.05, 3.63) is 23.8 Å². The summed E-state index contributed by atoms with van der Waals surface area (Å²) in [5, 5.41) is 20.9. The lowest BCUT2D eigenvalue weighted by Crippen LogP contribution is -2.32. The molecule has 0 aliphatic rings. The number of phenolic OH excluding ortho intramolecular Hbond substituents is 2. The predicted octanol–water partition coefficient (Wildman–Crippen LogP) is 1.97. The van der Waals surface area contributed by atoms with E-state index in [1.165, 1.54) is 12.1 Å². The van der Waals surface area contributed by atoms with Crippen molar-refractivity contribution in [1.82, 2.24) is 5.32 Å². The molecular weight excluding hydrogens is 246 g/mol. The van der Waals surface area contributed by atoms with Crippen LogP contribution in [0.15, 0.2) is 18.2 Å². The first-order valence-electron chi connectivity index (χ1n) is 5.75. The number of carbonyl (C=O) groups excluding carboxylic acids is 1. The third-order valence-electron chi connectivity index (χ3n) is 1.93. The Balaban J connectivity index is 2.47. The van der Waals surface area contributed by atoms with Gasteiger partial charge in [-0.1, -0.05) is 11.8 Å². The normalized spacial score (nSPS) is 10.3. The lowest BCUT2D eigenvalue weighted by Gasteiger charge is -2.18. The van der Waals surface area contributed by atoms with Gasteiger partial charge in [0.15, 0.2) is 11.5 Å². The first-order chi connectivity index (χ1) is 8.78. The molecule has 102 valence electrons. The molecule has 0 aliphatic carbocycles. The van der Waals surface area contributed by atoms with Gasteiger partial charge < -0.3 is 20.3 Å². The largest absolute Gasteiger partial charge is 0.504 e. The molecule has 5 nitrogen and oxygen atoms in total. The SMILES string of the molecule is CC(C)(C)OC(=O)NCC#Cc1ccc(O)c(O)c1.